The lowest BCUT2D eigenvalue weighted by Gasteiger charge is -2.13. The highest BCUT2D eigenvalue weighted by molar-refractivity contribution is 6.12. The van der Waals surface area contributed by atoms with Gasteiger partial charge in [0.05, 0.1) is 5.56 Å². The first-order valence-corrected chi connectivity index (χ1v) is 6.47. The van der Waals surface area contributed by atoms with E-state index in [1.807, 2.05) is 25.1 Å². The third kappa shape index (κ3) is 2.64. The number of aryl methyl sites for hydroxylation is 1. The first kappa shape index (κ1) is 14.1. The van der Waals surface area contributed by atoms with E-state index >= 15 is 0 Å². The van der Waals surface area contributed by atoms with Crippen molar-refractivity contribution >= 4 is 28.3 Å². The summed E-state index contributed by atoms with van der Waals surface area (Å²) in [4.78, 5) is 23.3. The highest BCUT2D eigenvalue weighted by atomic mass is 16.4. The van der Waals surface area contributed by atoms with Crippen LogP contribution < -0.4 is 5.32 Å². The number of fused-ring (bicyclic) bond motifs is 1. The van der Waals surface area contributed by atoms with Gasteiger partial charge in [0.2, 0.25) is 5.91 Å². The van der Waals surface area contributed by atoms with E-state index in [0.717, 1.165) is 10.9 Å². The van der Waals surface area contributed by atoms with Crippen LogP contribution in [0, 0.1) is 12.8 Å². The van der Waals surface area contributed by atoms with Crippen molar-refractivity contribution in [1.29, 1.82) is 0 Å². The topological polar surface area (TPSA) is 66.4 Å². The molecule has 1 amide bonds. The number of aromatic carboxylic acids is 1. The minimum absolute atomic E-state index is 0.130. The molecule has 0 saturated carbocycles. The maximum absolute atomic E-state index is 11.8. The fraction of sp³-hybridized carbons (Fsp3) is 0.250. The number of nitrogens with one attached hydrogen (secondary N) is 1. The minimum atomic E-state index is -0.995. The number of hydrogen-bond donors (Lipinski definition) is 2. The van der Waals surface area contributed by atoms with E-state index in [2.05, 4.69) is 5.32 Å². The number of carboxylic acid groups (broad SMARTS) is 1. The number of anilines is 1. The van der Waals surface area contributed by atoms with E-state index in [4.69, 9.17) is 0 Å². The standard InChI is InChI=1S/C16H17NO3/c1-9(2)15(18)17-13-6-4-5-11-7-10(3)8-12(14(11)13)16(19)20/h4-9H,1-3H3,(H,17,18)(H,19,20). The second kappa shape index (κ2) is 5.33. The van der Waals surface area contributed by atoms with Crippen LogP contribution in [0.4, 0.5) is 5.69 Å². The van der Waals surface area contributed by atoms with Gasteiger partial charge in [0.25, 0.3) is 0 Å². The molecule has 0 fully saturated rings. The SMILES string of the molecule is Cc1cc(C(=O)O)c2c(NC(=O)C(C)C)cccc2c1. The summed E-state index contributed by atoms with van der Waals surface area (Å²) in [5, 5.41) is 13.5. The van der Waals surface area contributed by atoms with Gasteiger partial charge in [0.15, 0.2) is 0 Å². The van der Waals surface area contributed by atoms with Crippen LogP contribution in [0.5, 0.6) is 0 Å². The largest absolute Gasteiger partial charge is 0.478 e. The fourth-order valence-electron chi connectivity index (χ4n) is 2.13. The van der Waals surface area contributed by atoms with E-state index in [0.29, 0.717) is 11.1 Å². The van der Waals surface area contributed by atoms with Crippen LogP contribution in [0.1, 0.15) is 29.8 Å². The Labute approximate surface area is 117 Å². The van der Waals surface area contributed by atoms with Gasteiger partial charge in [-0.3, -0.25) is 4.79 Å². The summed E-state index contributed by atoms with van der Waals surface area (Å²) in [5.74, 6) is -1.29. The molecule has 0 bridgehead atoms. The molecule has 4 nitrogen and oxygen atoms in total. The Kier molecular flexibility index (Phi) is 3.74. The summed E-state index contributed by atoms with van der Waals surface area (Å²) >= 11 is 0. The lowest BCUT2D eigenvalue weighted by molar-refractivity contribution is -0.118. The van der Waals surface area contributed by atoms with Crippen molar-refractivity contribution in [3.8, 4) is 0 Å². The maximum atomic E-state index is 11.8. The van der Waals surface area contributed by atoms with Gasteiger partial charge >= 0.3 is 5.97 Å². The Hall–Kier alpha value is -2.36. The van der Waals surface area contributed by atoms with Crippen LogP contribution in [0.25, 0.3) is 10.8 Å². The molecule has 2 N–H and O–H groups in total. The molecule has 0 aliphatic heterocycles. The Morgan fingerprint density at radius 2 is 1.90 bits per heavy atom. The Morgan fingerprint density at radius 3 is 2.50 bits per heavy atom. The predicted octanol–water partition coefficient (Wildman–Crippen LogP) is 3.44. The zero-order chi connectivity index (χ0) is 14.9. The molecule has 0 aliphatic carbocycles. The van der Waals surface area contributed by atoms with Crippen molar-refractivity contribution in [3.63, 3.8) is 0 Å². The van der Waals surface area contributed by atoms with E-state index in [9.17, 15) is 14.7 Å². The van der Waals surface area contributed by atoms with Crippen LogP contribution in [-0.2, 0) is 4.79 Å². The highest BCUT2D eigenvalue weighted by Crippen LogP contribution is 2.29. The zero-order valence-corrected chi connectivity index (χ0v) is 11.7. The smallest absolute Gasteiger partial charge is 0.336 e. The average Bonchev–Trinajstić information content (AvgIpc) is 2.37. The molecule has 2 aromatic rings. The van der Waals surface area contributed by atoms with Crippen LogP contribution in [0.3, 0.4) is 0 Å². The van der Waals surface area contributed by atoms with Crippen LogP contribution >= 0.6 is 0 Å². The average molecular weight is 271 g/mol. The van der Waals surface area contributed by atoms with Gasteiger partial charge < -0.3 is 10.4 Å². The molecule has 4 heteroatoms. The van der Waals surface area contributed by atoms with Gasteiger partial charge in [-0.15, -0.1) is 0 Å². The van der Waals surface area contributed by atoms with Crippen LogP contribution in [-0.4, -0.2) is 17.0 Å². The van der Waals surface area contributed by atoms with Crippen molar-refractivity contribution < 1.29 is 14.7 Å². The summed E-state index contributed by atoms with van der Waals surface area (Å²) in [5.41, 5.74) is 1.63. The molecule has 104 valence electrons. The van der Waals surface area contributed by atoms with Gasteiger partial charge in [-0.1, -0.05) is 32.0 Å². The predicted molar refractivity (Wildman–Crippen MR) is 79.1 cm³/mol. The maximum Gasteiger partial charge on any atom is 0.336 e. The molecular weight excluding hydrogens is 254 g/mol. The third-order valence-corrected chi connectivity index (χ3v) is 3.13. The summed E-state index contributed by atoms with van der Waals surface area (Å²) < 4.78 is 0. The van der Waals surface area contributed by atoms with E-state index in [1.54, 1.807) is 26.0 Å². The van der Waals surface area contributed by atoms with Gasteiger partial charge in [-0.05, 0) is 30.0 Å². The minimum Gasteiger partial charge on any atom is -0.478 e. The van der Waals surface area contributed by atoms with Crippen LogP contribution in [0.2, 0.25) is 0 Å². The molecule has 2 rings (SSSR count). The second-order valence-corrected chi connectivity index (χ2v) is 5.17. The van der Waals surface area contributed by atoms with Gasteiger partial charge in [-0.2, -0.15) is 0 Å². The Balaban J connectivity index is 2.66. The Morgan fingerprint density at radius 1 is 1.20 bits per heavy atom. The van der Waals surface area contributed by atoms with E-state index in [-0.39, 0.29) is 17.4 Å². The molecule has 0 spiro atoms. The number of carbonyl (C=O) groups is 2. The summed E-state index contributed by atoms with van der Waals surface area (Å²) in [6.45, 7) is 5.44. The number of carbonyl (C=O) groups excluding carboxylic acids is 1. The normalized spacial score (nSPS) is 10.8. The van der Waals surface area contributed by atoms with Crippen molar-refractivity contribution in [2.24, 2.45) is 5.92 Å². The van der Waals surface area contributed by atoms with Crippen molar-refractivity contribution in [1.82, 2.24) is 0 Å². The monoisotopic (exact) mass is 271 g/mol. The lowest BCUT2D eigenvalue weighted by Crippen LogP contribution is -2.18. The molecule has 0 saturated heterocycles. The number of amides is 1. The van der Waals surface area contributed by atoms with Crippen LogP contribution in [0.15, 0.2) is 30.3 Å². The summed E-state index contributed by atoms with van der Waals surface area (Å²) in [6.07, 6.45) is 0. The first-order valence-electron chi connectivity index (χ1n) is 6.47. The zero-order valence-electron chi connectivity index (χ0n) is 11.7. The van der Waals surface area contributed by atoms with Crippen molar-refractivity contribution in [3.05, 3.63) is 41.5 Å². The molecule has 0 heterocycles. The molecule has 0 unspecified atom stereocenters. The summed E-state index contributed by atoms with van der Waals surface area (Å²) in [7, 11) is 0. The van der Waals surface area contributed by atoms with E-state index in [1.165, 1.54) is 0 Å². The van der Waals surface area contributed by atoms with E-state index < -0.39 is 5.97 Å². The van der Waals surface area contributed by atoms with Gasteiger partial charge in [0.1, 0.15) is 0 Å². The third-order valence-electron chi connectivity index (χ3n) is 3.13. The summed E-state index contributed by atoms with van der Waals surface area (Å²) in [6, 6.07) is 8.91. The lowest BCUT2D eigenvalue weighted by atomic mass is 9.99. The number of hydrogen-bond acceptors (Lipinski definition) is 2. The fourth-order valence-corrected chi connectivity index (χ4v) is 2.13. The number of carboxylic acids is 1. The highest BCUT2D eigenvalue weighted by Gasteiger charge is 2.15. The van der Waals surface area contributed by atoms with Gasteiger partial charge in [0, 0.05) is 17.0 Å². The molecule has 2 aromatic carbocycles. The van der Waals surface area contributed by atoms with Crippen molar-refractivity contribution in [2.75, 3.05) is 5.32 Å². The number of benzene rings is 2. The molecule has 0 aromatic heterocycles. The molecule has 20 heavy (non-hydrogen) atoms. The molecular formula is C16H17NO3. The molecule has 0 atom stereocenters. The first-order chi connectivity index (χ1) is 9.40. The number of rotatable bonds is 3. The quantitative estimate of drug-likeness (QED) is 0.898. The van der Waals surface area contributed by atoms with Gasteiger partial charge in [-0.25, -0.2) is 4.79 Å². The Bertz CT molecular complexity index is 689. The molecule has 0 aliphatic rings. The molecule has 0 radical (unpaired) electrons. The van der Waals surface area contributed by atoms with Crippen molar-refractivity contribution in [2.45, 2.75) is 20.8 Å². The second-order valence-electron chi connectivity index (χ2n) is 5.17.